The molecule has 1 amide bonds. The number of hydrogen-bond donors (Lipinski definition) is 0. The Bertz CT molecular complexity index is 605. The third-order valence-electron chi connectivity index (χ3n) is 3.10. The Labute approximate surface area is 132 Å². The van der Waals surface area contributed by atoms with E-state index < -0.39 is 5.76 Å². The molecule has 0 saturated heterocycles. The van der Waals surface area contributed by atoms with Crippen LogP contribution in [-0.4, -0.2) is 35.1 Å². The minimum Gasteiger partial charge on any atom is -0.341 e. The molecule has 1 heterocycles. The summed E-state index contributed by atoms with van der Waals surface area (Å²) in [6, 6.07) is 11.9. The molecule has 2 aromatic rings. The standard InChI is InChI=1S/C16H16F2N2OS/c1-20(11-9-13-4-2-3-10-19-13)15(21)12-5-7-14(8-6-12)22-16(17)18/h2-8,10,16H,9,11H2,1H3. The largest absolute Gasteiger partial charge is 0.341 e. The van der Waals surface area contributed by atoms with Crippen LogP contribution in [0.3, 0.4) is 0 Å². The van der Waals surface area contributed by atoms with Crippen LogP contribution in [0.2, 0.25) is 0 Å². The van der Waals surface area contributed by atoms with Crippen LogP contribution in [0.4, 0.5) is 8.78 Å². The van der Waals surface area contributed by atoms with Crippen LogP contribution in [0.15, 0.2) is 53.6 Å². The summed E-state index contributed by atoms with van der Waals surface area (Å²) in [7, 11) is 1.72. The highest BCUT2D eigenvalue weighted by molar-refractivity contribution is 7.99. The van der Waals surface area contributed by atoms with Crippen molar-refractivity contribution in [2.45, 2.75) is 17.1 Å². The van der Waals surface area contributed by atoms with Gasteiger partial charge in [0, 0.05) is 42.4 Å². The Morgan fingerprint density at radius 3 is 2.55 bits per heavy atom. The molecular weight excluding hydrogens is 306 g/mol. The van der Waals surface area contributed by atoms with Gasteiger partial charge in [-0.05, 0) is 36.4 Å². The molecule has 0 aliphatic rings. The summed E-state index contributed by atoms with van der Waals surface area (Å²) < 4.78 is 24.5. The van der Waals surface area contributed by atoms with Gasteiger partial charge in [0.1, 0.15) is 0 Å². The van der Waals surface area contributed by atoms with Crippen molar-refractivity contribution in [2.75, 3.05) is 13.6 Å². The molecule has 0 saturated carbocycles. The fourth-order valence-corrected chi connectivity index (χ4v) is 2.43. The second kappa shape index (κ2) is 7.89. The number of rotatable bonds is 6. The summed E-state index contributed by atoms with van der Waals surface area (Å²) in [5.41, 5.74) is 1.41. The molecule has 3 nitrogen and oxygen atoms in total. The number of thioether (sulfide) groups is 1. The molecular formula is C16H16F2N2OS. The van der Waals surface area contributed by atoms with Gasteiger partial charge in [-0.3, -0.25) is 9.78 Å². The van der Waals surface area contributed by atoms with Crippen LogP contribution >= 0.6 is 11.8 Å². The number of benzene rings is 1. The fourth-order valence-electron chi connectivity index (χ4n) is 1.93. The molecule has 1 aromatic heterocycles. The van der Waals surface area contributed by atoms with E-state index in [4.69, 9.17) is 0 Å². The Morgan fingerprint density at radius 1 is 1.23 bits per heavy atom. The van der Waals surface area contributed by atoms with Crippen LogP contribution in [0.25, 0.3) is 0 Å². The van der Waals surface area contributed by atoms with Gasteiger partial charge in [-0.2, -0.15) is 8.78 Å². The minimum atomic E-state index is -2.46. The highest BCUT2D eigenvalue weighted by Crippen LogP contribution is 2.25. The molecule has 0 radical (unpaired) electrons. The third-order valence-corrected chi connectivity index (χ3v) is 3.83. The Balaban J connectivity index is 1.92. The molecule has 22 heavy (non-hydrogen) atoms. The Morgan fingerprint density at radius 2 is 1.95 bits per heavy atom. The molecule has 0 unspecified atom stereocenters. The van der Waals surface area contributed by atoms with Crippen molar-refractivity contribution in [1.82, 2.24) is 9.88 Å². The second-order valence-corrected chi connectivity index (χ2v) is 5.76. The lowest BCUT2D eigenvalue weighted by molar-refractivity contribution is 0.0796. The highest BCUT2D eigenvalue weighted by atomic mass is 32.2. The Kier molecular flexibility index (Phi) is 5.89. The van der Waals surface area contributed by atoms with E-state index in [1.807, 2.05) is 18.2 Å². The quantitative estimate of drug-likeness (QED) is 0.760. The number of carbonyl (C=O) groups is 1. The predicted octanol–water partition coefficient (Wildman–Crippen LogP) is 3.71. The number of aromatic nitrogens is 1. The van der Waals surface area contributed by atoms with Crippen molar-refractivity contribution in [3.8, 4) is 0 Å². The zero-order valence-corrected chi connectivity index (χ0v) is 12.9. The maximum Gasteiger partial charge on any atom is 0.288 e. The van der Waals surface area contributed by atoms with E-state index in [9.17, 15) is 13.6 Å². The first-order chi connectivity index (χ1) is 10.6. The summed E-state index contributed by atoms with van der Waals surface area (Å²) in [6.07, 6.45) is 2.39. The molecule has 2 rings (SSSR count). The maximum atomic E-state index is 12.3. The molecule has 0 bridgehead atoms. The van der Waals surface area contributed by atoms with Gasteiger partial charge in [-0.1, -0.05) is 17.8 Å². The van der Waals surface area contributed by atoms with Crippen LogP contribution < -0.4 is 0 Å². The molecule has 0 aliphatic heterocycles. The molecule has 0 aliphatic carbocycles. The van der Waals surface area contributed by atoms with E-state index in [0.29, 0.717) is 35.2 Å². The van der Waals surface area contributed by atoms with E-state index in [2.05, 4.69) is 4.98 Å². The van der Waals surface area contributed by atoms with Crippen molar-refractivity contribution in [3.63, 3.8) is 0 Å². The number of carbonyl (C=O) groups excluding carboxylic acids is 1. The first-order valence-corrected chi connectivity index (χ1v) is 7.64. The van der Waals surface area contributed by atoms with Gasteiger partial charge < -0.3 is 4.90 Å². The van der Waals surface area contributed by atoms with Gasteiger partial charge in [-0.15, -0.1) is 0 Å². The average Bonchev–Trinajstić information content (AvgIpc) is 2.53. The number of alkyl halides is 2. The first-order valence-electron chi connectivity index (χ1n) is 6.76. The van der Waals surface area contributed by atoms with Crippen LogP contribution in [0.1, 0.15) is 16.1 Å². The summed E-state index contributed by atoms with van der Waals surface area (Å²) in [4.78, 5) is 18.5. The SMILES string of the molecule is CN(CCc1ccccn1)C(=O)c1ccc(SC(F)F)cc1. The molecule has 0 fully saturated rings. The van der Waals surface area contributed by atoms with Crippen LogP contribution in [0.5, 0.6) is 0 Å². The normalized spacial score (nSPS) is 10.7. The van der Waals surface area contributed by atoms with Gasteiger partial charge in [0.2, 0.25) is 0 Å². The lowest BCUT2D eigenvalue weighted by atomic mass is 10.2. The maximum absolute atomic E-state index is 12.3. The molecule has 0 atom stereocenters. The Hall–Kier alpha value is -1.95. The van der Waals surface area contributed by atoms with Crippen LogP contribution in [-0.2, 0) is 6.42 Å². The lowest BCUT2D eigenvalue weighted by Gasteiger charge is -2.17. The van der Waals surface area contributed by atoms with Crippen LogP contribution in [0, 0.1) is 0 Å². The van der Waals surface area contributed by atoms with Crippen molar-refractivity contribution in [3.05, 3.63) is 59.9 Å². The number of hydrogen-bond acceptors (Lipinski definition) is 3. The van der Waals surface area contributed by atoms with E-state index >= 15 is 0 Å². The van der Waals surface area contributed by atoms with E-state index in [1.165, 1.54) is 12.1 Å². The van der Waals surface area contributed by atoms with Crippen molar-refractivity contribution >= 4 is 17.7 Å². The third kappa shape index (κ3) is 4.80. The summed E-state index contributed by atoms with van der Waals surface area (Å²) >= 11 is 0.468. The van der Waals surface area contributed by atoms with Gasteiger partial charge in [0.25, 0.3) is 11.7 Å². The van der Waals surface area contributed by atoms with Crippen molar-refractivity contribution < 1.29 is 13.6 Å². The van der Waals surface area contributed by atoms with Gasteiger partial charge in [0.05, 0.1) is 0 Å². The molecule has 0 N–H and O–H groups in total. The minimum absolute atomic E-state index is 0.135. The second-order valence-electron chi connectivity index (χ2n) is 4.70. The predicted molar refractivity (Wildman–Crippen MR) is 83.2 cm³/mol. The summed E-state index contributed by atoms with van der Waals surface area (Å²) in [5.74, 6) is -2.59. The monoisotopic (exact) mass is 322 g/mol. The highest BCUT2D eigenvalue weighted by Gasteiger charge is 2.12. The van der Waals surface area contributed by atoms with Crippen molar-refractivity contribution in [2.24, 2.45) is 0 Å². The average molecular weight is 322 g/mol. The number of amides is 1. The number of pyridine rings is 1. The fraction of sp³-hybridized carbons (Fsp3) is 0.250. The zero-order valence-electron chi connectivity index (χ0n) is 12.1. The zero-order chi connectivity index (χ0) is 15.9. The molecule has 0 spiro atoms. The van der Waals surface area contributed by atoms with Gasteiger partial charge >= 0.3 is 0 Å². The van der Waals surface area contributed by atoms with E-state index in [1.54, 1.807) is 30.3 Å². The molecule has 1 aromatic carbocycles. The van der Waals surface area contributed by atoms with Gasteiger partial charge in [-0.25, -0.2) is 0 Å². The van der Waals surface area contributed by atoms with E-state index in [-0.39, 0.29) is 5.91 Å². The van der Waals surface area contributed by atoms with Crippen molar-refractivity contribution in [1.29, 1.82) is 0 Å². The summed E-state index contributed by atoms with van der Waals surface area (Å²) in [6.45, 7) is 0.545. The first kappa shape index (κ1) is 16.4. The molecule has 6 heteroatoms. The lowest BCUT2D eigenvalue weighted by Crippen LogP contribution is -2.28. The molecule has 116 valence electrons. The number of likely N-dealkylation sites (N-methyl/N-ethyl adjacent to an activating group) is 1. The number of nitrogens with zero attached hydrogens (tertiary/aromatic N) is 2. The number of halogens is 2. The summed E-state index contributed by atoms with van der Waals surface area (Å²) in [5, 5.41) is 0. The van der Waals surface area contributed by atoms with Gasteiger partial charge in [0.15, 0.2) is 0 Å². The van der Waals surface area contributed by atoms with E-state index in [0.717, 1.165) is 5.69 Å². The topological polar surface area (TPSA) is 33.2 Å². The smallest absolute Gasteiger partial charge is 0.288 e.